The Morgan fingerprint density at radius 1 is 1.15 bits per heavy atom. The second kappa shape index (κ2) is 9.18. The van der Waals surface area contributed by atoms with Crippen molar-refractivity contribution in [2.45, 2.75) is 83.0 Å². The van der Waals surface area contributed by atoms with Crippen molar-refractivity contribution >= 4 is 5.97 Å². The molecule has 3 fully saturated rings. The Hall–Kier alpha value is -1.13. The van der Waals surface area contributed by atoms with Gasteiger partial charge < -0.3 is 14.9 Å². The lowest BCUT2D eigenvalue weighted by Crippen LogP contribution is -2.36. The number of carboxylic acid groups (broad SMARTS) is 1. The zero-order valence-electron chi connectivity index (χ0n) is 15.9. The largest absolute Gasteiger partial charge is 0.481 e. The summed E-state index contributed by atoms with van der Waals surface area (Å²) in [7, 11) is 0. The van der Waals surface area contributed by atoms with E-state index < -0.39 is 12.1 Å². The van der Waals surface area contributed by atoms with E-state index in [0.29, 0.717) is 12.3 Å². The Bertz CT molecular complexity index is 520. The van der Waals surface area contributed by atoms with Crippen molar-refractivity contribution in [1.29, 1.82) is 0 Å². The van der Waals surface area contributed by atoms with Gasteiger partial charge >= 0.3 is 5.97 Å². The number of aliphatic hydroxyl groups excluding tert-OH is 1. The number of ether oxygens (including phenoxy) is 1. The molecule has 146 valence electrons. The van der Waals surface area contributed by atoms with E-state index in [2.05, 4.69) is 6.08 Å². The van der Waals surface area contributed by atoms with Crippen molar-refractivity contribution in [3.63, 3.8) is 0 Å². The van der Waals surface area contributed by atoms with Crippen LogP contribution in [0.1, 0.15) is 64.7 Å². The number of aliphatic hydroxyl groups is 1. The number of allylic oxidation sites excluding steroid dienone is 2. The lowest BCUT2D eigenvalue weighted by Gasteiger charge is -2.31. The van der Waals surface area contributed by atoms with Gasteiger partial charge in [0.15, 0.2) is 0 Å². The van der Waals surface area contributed by atoms with Crippen molar-refractivity contribution in [3.05, 3.63) is 24.3 Å². The molecule has 6 atom stereocenters. The molecule has 0 radical (unpaired) electrons. The van der Waals surface area contributed by atoms with Gasteiger partial charge in [-0.3, -0.25) is 4.79 Å². The molecule has 0 spiro atoms. The summed E-state index contributed by atoms with van der Waals surface area (Å²) in [5.41, 5.74) is 0. The van der Waals surface area contributed by atoms with Crippen LogP contribution in [0.3, 0.4) is 0 Å². The average molecular weight is 363 g/mol. The number of rotatable bonds is 8. The average Bonchev–Trinajstić information content (AvgIpc) is 3.25. The highest BCUT2D eigenvalue weighted by Gasteiger charge is 2.52. The van der Waals surface area contributed by atoms with E-state index in [0.717, 1.165) is 32.1 Å². The highest BCUT2D eigenvalue weighted by Crippen LogP contribution is 2.48. The minimum Gasteiger partial charge on any atom is -0.481 e. The molecule has 1 saturated carbocycles. The molecule has 0 amide bonds. The number of hydrogen-bond donors (Lipinski definition) is 2. The topological polar surface area (TPSA) is 66.8 Å². The summed E-state index contributed by atoms with van der Waals surface area (Å²) in [6.45, 7) is 1.97. The molecule has 2 saturated heterocycles. The zero-order chi connectivity index (χ0) is 18.5. The predicted molar refractivity (Wildman–Crippen MR) is 102 cm³/mol. The Morgan fingerprint density at radius 3 is 2.58 bits per heavy atom. The molecule has 0 aromatic rings. The van der Waals surface area contributed by atoms with E-state index in [1.165, 1.54) is 19.3 Å². The normalized spacial score (nSPS) is 34.7. The van der Waals surface area contributed by atoms with Crippen LogP contribution >= 0.6 is 0 Å². The quantitative estimate of drug-likeness (QED) is 0.631. The van der Waals surface area contributed by atoms with Gasteiger partial charge in [0.2, 0.25) is 0 Å². The molecule has 4 nitrogen and oxygen atoms in total. The number of carboxylic acids is 1. The summed E-state index contributed by atoms with van der Waals surface area (Å²) in [5.74, 6) is -0.558. The zero-order valence-corrected chi connectivity index (χ0v) is 15.9. The van der Waals surface area contributed by atoms with E-state index >= 15 is 0 Å². The lowest BCUT2D eigenvalue weighted by molar-refractivity contribution is -0.145. The molecule has 3 rings (SSSR count). The van der Waals surface area contributed by atoms with Gasteiger partial charge in [-0.1, -0.05) is 43.6 Å². The second-order valence-electron chi connectivity index (χ2n) is 8.31. The molecule has 0 aromatic carbocycles. The Labute approximate surface area is 157 Å². The Kier molecular flexibility index (Phi) is 6.93. The van der Waals surface area contributed by atoms with E-state index in [4.69, 9.17) is 4.74 Å². The van der Waals surface area contributed by atoms with Crippen LogP contribution in [0, 0.1) is 23.7 Å². The molecule has 2 N–H and O–H groups in total. The summed E-state index contributed by atoms with van der Waals surface area (Å²) in [4.78, 5) is 11.9. The second-order valence-corrected chi connectivity index (χ2v) is 8.31. The third-order valence-electron chi connectivity index (χ3n) is 6.71. The monoisotopic (exact) mass is 362 g/mol. The van der Waals surface area contributed by atoms with Gasteiger partial charge in [-0.2, -0.15) is 0 Å². The molecule has 2 heterocycles. The van der Waals surface area contributed by atoms with Crippen LogP contribution in [-0.2, 0) is 9.53 Å². The molecular formula is C22H34O4. The molecule has 2 bridgehead atoms. The molecule has 1 aliphatic carbocycles. The Balaban J connectivity index is 1.69. The van der Waals surface area contributed by atoms with Crippen molar-refractivity contribution in [3.8, 4) is 0 Å². The van der Waals surface area contributed by atoms with Crippen LogP contribution in [0.5, 0.6) is 0 Å². The molecule has 0 aromatic heterocycles. The molecular weight excluding hydrogens is 328 g/mol. The van der Waals surface area contributed by atoms with Crippen LogP contribution in [0.4, 0.5) is 0 Å². The minimum atomic E-state index is -0.707. The third-order valence-corrected chi connectivity index (χ3v) is 6.71. The van der Waals surface area contributed by atoms with Crippen molar-refractivity contribution in [1.82, 2.24) is 0 Å². The third kappa shape index (κ3) is 4.40. The maximum atomic E-state index is 11.9. The first-order valence-corrected chi connectivity index (χ1v) is 10.5. The molecule has 6 unspecified atom stereocenters. The highest BCUT2D eigenvalue weighted by molar-refractivity contribution is 5.70. The first-order valence-electron chi connectivity index (χ1n) is 10.5. The summed E-state index contributed by atoms with van der Waals surface area (Å²) in [6.07, 6.45) is 17.2. The molecule has 4 heteroatoms. The molecule has 3 aliphatic rings. The highest BCUT2D eigenvalue weighted by atomic mass is 16.5. The standard InChI is InChI=1S/C22H34O4/c1-2-3-5-10-17(22(24)25)21-16(19-13-14-20(21)26-19)11-12-18(23)15-8-6-4-7-9-15/h2-3,11-12,15-21,23H,4-10,13-14H2,1H3,(H,24,25). The van der Waals surface area contributed by atoms with Crippen molar-refractivity contribution in [2.75, 3.05) is 0 Å². The fourth-order valence-electron chi connectivity index (χ4n) is 5.33. The number of carbonyl (C=O) groups is 1. The molecule has 26 heavy (non-hydrogen) atoms. The van der Waals surface area contributed by atoms with Crippen LogP contribution in [-0.4, -0.2) is 34.5 Å². The van der Waals surface area contributed by atoms with Gasteiger partial charge in [-0.15, -0.1) is 0 Å². The number of aliphatic carboxylic acids is 1. The van der Waals surface area contributed by atoms with Gasteiger partial charge in [0, 0.05) is 11.8 Å². The summed E-state index contributed by atoms with van der Waals surface area (Å²) >= 11 is 0. The van der Waals surface area contributed by atoms with Crippen LogP contribution in [0.25, 0.3) is 0 Å². The van der Waals surface area contributed by atoms with Crippen molar-refractivity contribution in [2.24, 2.45) is 23.7 Å². The fraction of sp³-hybridized carbons (Fsp3) is 0.773. The van der Waals surface area contributed by atoms with Gasteiger partial charge in [0.25, 0.3) is 0 Å². The summed E-state index contributed by atoms with van der Waals surface area (Å²) in [6, 6.07) is 0. The van der Waals surface area contributed by atoms with Crippen LogP contribution < -0.4 is 0 Å². The van der Waals surface area contributed by atoms with Crippen LogP contribution in [0.2, 0.25) is 0 Å². The van der Waals surface area contributed by atoms with E-state index in [1.807, 2.05) is 25.2 Å². The van der Waals surface area contributed by atoms with Gasteiger partial charge in [-0.25, -0.2) is 0 Å². The maximum Gasteiger partial charge on any atom is 0.306 e. The number of hydrogen-bond acceptors (Lipinski definition) is 3. The van der Waals surface area contributed by atoms with E-state index in [-0.39, 0.29) is 30.0 Å². The SMILES string of the molecule is CC=CCCC(C(=O)O)C1C2CCC(O2)C1C=CC(O)C1CCCCC1. The van der Waals surface area contributed by atoms with Crippen molar-refractivity contribution < 1.29 is 19.7 Å². The summed E-state index contributed by atoms with van der Waals surface area (Å²) < 4.78 is 6.10. The Morgan fingerprint density at radius 2 is 1.88 bits per heavy atom. The predicted octanol–water partition coefficient (Wildman–Crippen LogP) is 4.33. The smallest absolute Gasteiger partial charge is 0.306 e. The molecule has 2 aliphatic heterocycles. The lowest BCUT2D eigenvalue weighted by atomic mass is 9.70. The van der Waals surface area contributed by atoms with E-state index in [1.54, 1.807) is 0 Å². The fourth-order valence-corrected chi connectivity index (χ4v) is 5.33. The first-order chi connectivity index (χ1) is 12.6. The first kappa shape index (κ1) is 19.6. The summed E-state index contributed by atoms with van der Waals surface area (Å²) in [5, 5.41) is 20.4. The number of fused-ring (bicyclic) bond motifs is 2. The van der Waals surface area contributed by atoms with Gasteiger partial charge in [0.1, 0.15) is 0 Å². The minimum absolute atomic E-state index is 0.0336. The maximum absolute atomic E-state index is 11.9. The van der Waals surface area contributed by atoms with Crippen LogP contribution in [0.15, 0.2) is 24.3 Å². The van der Waals surface area contributed by atoms with Gasteiger partial charge in [0.05, 0.1) is 24.2 Å². The van der Waals surface area contributed by atoms with E-state index in [9.17, 15) is 15.0 Å². The van der Waals surface area contributed by atoms with Gasteiger partial charge in [-0.05, 0) is 51.4 Å².